The first-order valence-electron chi connectivity index (χ1n) is 8.40. The molecule has 2 fully saturated rings. The molecule has 8 heteroatoms. The molecule has 25 heavy (non-hydrogen) atoms. The Morgan fingerprint density at radius 1 is 1.24 bits per heavy atom. The van der Waals surface area contributed by atoms with Gasteiger partial charge in [-0.1, -0.05) is 29.3 Å². The van der Waals surface area contributed by atoms with Gasteiger partial charge in [-0.05, 0) is 37.0 Å². The number of sulfone groups is 1. The summed E-state index contributed by atoms with van der Waals surface area (Å²) in [5.74, 6) is -0.0192. The first kappa shape index (κ1) is 19.0. The summed E-state index contributed by atoms with van der Waals surface area (Å²) in [5.41, 5.74) is 0.578. The average molecular weight is 406 g/mol. The maximum absolute atomic E-state index is 13.0. The lowest BCUT2D eigenvalue weighted by molar-refractivity contribution is -0.134. The van der Waals surface area contributed by atoms with Crippen molar-refractivity contribution < 1.29 is 17.9 Å². The van der Waals surface area contributed by atoms with Crippen molar-refractivity contribution in [1.82, 2.24) is 4.90 Å². The maximum Gasteiger partial charge on any atom is 0.227 e. The minimum Gasteiger partial charge on any atom is -0.376 e. The minimum absolute atomic E-state index is 0.0156. The topological polar surface area (TPSA) is 63.7 Å². The number of rotatable bonds is 5. The van der Waals surface area contributed by atoms with Crippen LogP contribution in [0.25, 0.3) is 0 Å². The highest BCUT2D eigenvalue weighted by molar-refractivity contribution is 7.91. The van der Waals surface area contributed by atoms with Crippen LogP contribution < -0.4 is 0 Å². The molecule has 2 atom stereocenters. The summed E-state index contributed by atoms with van der Waals surface area (Å²) < 4.78 is 29.4. The first-order valence-corrected chi connectivity index (χ1v) is 11.0. The van der Waals surface area contributed by atoms with Crippen molar-refractivity contribution in [3.8, 4) is 0 Å². The first-order chi connectivity index (χ1) is 11.9. The molecule has 0 aliphatic carbocycles. The highest BCUT2D eigenvalue weighted by Crippen LogP contribution is 2.27. The van der Waals surface area contributed by atoms with Crippen molar-refractivity contribution >= 4 is 38.9 Å². The molecule has 0 aromatic heterocycles. The Morgan fingerprint density at radius 3 is 2.52 bits per heavy atom. The Morgan fingerprint density at radius 2 is 1.96 bits per heavy atom. The summed E-state index contributed by atoms with van der Waals surface area (Å²) in [7, 11) is -3.08. The Kier molecular flexibility index (Phi) is 5.93. The normalized spacial score (nSPS) is 25.2. The molecule has 0 unspecified atom stereocenters. The van der Waals surface area contributed by atoms with E-state index < -0.39 is 9.84 Å². The van der Waals surface area contributed by atoms with Crippen LogP contribution in [-0.4, -0.2) is 56.0 Å². The molecule has 2 aliphatic heterocycles. The molecule has 2 heterocycles. The largest absolute Gasteiger partial charge is 0.376 e. The van der Waals surface area contributed by atoms with E-state index in [0.29, 0.717) is 35.2 Å². The van der Waals surface area contributed by atoms with Gasteiger partial charge >= 0.3 is 0 Å². The Balaban J connectivity index is 1.79. The van der Waals surface area contributed by atoms with Crippen LogP contribution >= 0.6 is 23.2 Å². The van der Waals surface area contributed by atoms with Crippen LogP contribution in [0.15, 0.2) is 18.2 Å². The second-order valence-electron chi connectivity index (χ2n) is 6.61. The van der Waals surface area contributed by atoms with Crippen molar-refractivity contribution in [2.45, 2.75) is 37.8 Å². The van der Waals surface area contributed by atoms with E-state index >= 15 is 0 Å². The van der Waals surface area contributed by atoms with Gasteiger partial charge in [0.15, 0.2) is 9.84 Å². The quantitative estimate of drug-likeness (QED) is 0.755. The Labute approximate surface area is 158 Å². The van der Waals surface area contributed by atoms with Crippen LogP contribution in [0.5, 0.6) is 0 Å². The van der Waals surface area contributed by atoms with Gasteiger partial charge in [0.25, 0.3) is 0 Å². The summed E-state index contributed by atoms with van der Waals surface area (Å²) >= 11 is 12.4. The molecule has 0 N–H and O–H groups in total. The number of benzene rings is 1. The van der Waals surface area contributed by atoms with E-state index in [-0.39, 0.29) is 36.0 Å². The lowest BCUT2D eigenvalue weighted by atomic mass is 10.1. The molecule has 2 saturated heterocycles. The number of ether oxygens (including phenoxy) is 1. The van der Waals surface area contributed by atoms with Crippen molar-refractivity contribution in [3.63, 3.8) is 0 Å². The van der Waals surface area contributed by atoms with Crippen molar-refractivity contribution in [2.24, 2.45) is 0 Å². The third-order valence-electron chi connectivity index (χ3n) is 4.78. The van der Waals surface area contributed by atoms with Crippen LogP contribution in [-0.2, 0) is 25.8 Å². The SMILES string of the molecule is O=C(Cc1c(Cl)cccc1Cl)N(C[C@@H]1CCCO1)[C@H]1CCS(=O)(=O)C1. The van der Waals surface area contributed by atoms with E-state index in [4.69, 9.17) is 27.9 Å². The smallest absolute Gasteiger partial charge is 0.227 e. The zero-order chi connectivity index (χ0) is 18.0. The molecule has 138 valence electrons. The second kappa shape index (κ2) is 7.82. The van der Waals surface area contributed by atoms with E-state index in [9.17, 15) is 13.2 Å². The van der Waals surface area contributed by atoms with Crippen molar-refractivity contribution in [3.05, 3.63) is 33.8 Å². The van der Waals surface area contributed by atoms with E-state index in [0.717, 1.165) is 12.8 Å². The second-order valence-corrected chi connectivity index (χ2v) is 9.66. The summed E-state index contributed by atoms with van der Waals surface area (Å²) in [6.07, 6.45) is 2.34. The monoisotopic (exact) mass is 405 g/mol. The van der Waals surface area contributed by atoms with Crippen LogP contribution in [0.3, 0.4) is 0 Å². The predicted octanol–water partition coefficient (Wildman–Crippen LogP) is 2.73. The van der Waals surface area contributed by atoms with Crippen LogP contribution in [0.1, 0.15) is 24.8 Å². The highest BCUT2D eigenvalue weighted by atomic mass is 35.5. The van der Waals surface area contributed by atoms with E-state index in [1.807, 2.05) is 0 Å². The fourth-order valence-electron chi connectivity index (χ4n) is 3.44. The molecule has 0 saturated carbocycles. The van der Waals surface area contributed by atoms with E-state index in [1.54, 1.807) is 23.1 Å². The fourth-order valence-corrected chi connectivity index (χ4v) is 5.70. The molecule has 0 spiro atoms. The predicted molar refractivity (Wildman–Crippen MR) is 97.9 cm³/mol. The molecule has 2 aliphatic rings. The lowest BCUT2D eigenvalue weighted by Gasteiger charge is -2.30. The Hall–Kier alpha value is -0.820. The number of amides is 1. The molecular formula is C17H21Cl2NO4S. The maximum atomic E-state index is 13.0. The van der Waals surface area contributed by atoms with E-state index in [1.165, 1.54) is 0 Å². The van der Waals surface area contributed by atoms with Gasteiger partial charge in [0, 0.05) is 29.2 Å². The lowest BCUT2D eigenvalue weighted by Crippen LogP contribution is -2.46. The number of carbonyl (C=O) groups is 1. The summed E-state index contributed by atoms with van der Waals surface area (Å²) in [6, 6.07) is 4.82. The van der Waals surface area contributed by atoms with Crippen molar-refractivity contribution in [2.75, 3.05) is 24.7 Å². The molecule has 1 aromatic carbocycles. The number of halogens is 2. The molecule has 0 bridgehead atoms. The van der Waals surface area contributed by atoms with Gasteiger partial charge < -0.3 is 9.64 Å². The van der Waals surface area contributed by atoms with Gasteiger partial charge in [0.05, 0.1) is 24.0 Å². The molecule has 3 rings (SSSR count). The molecule has 1 aromatic rings. The van der Waals surface area contributed by atoms with Gasteiger partial charge in [-0.2, -0.15) is 0 Å². The zero-order valence-corrected chi connectivity index (χ0v) is 16.1. The Bertz CT molecular complexity index is 727. The standard InChI is InChI=1S/C17H21Cl2NO4S/c18-15-4-1-5-16(19)14(15)9-17(21)20(10-13-3-2-7-24-13)12-6-8-25(22,23)11-12/h1,4-5,12-13H,2-3,6-11H2/t12-,13-/m0/s1. The average Bonchev–Trinajstić information content (AvgIpc) is 3.17. The molecule has 5 nitrogen and oxygen atoms in total. The zero-order valence-electron chi connectivity index (χ0n) is 13.8. The number of hydrogen-bond donors (Lipinski definition) is 0. The summed E-state index contributed by atoms with van der Waals surface area (Å²) in [4.78, 5) is 14.6. The van der Waals surface area contributed by atoms with Crippen molar-refractivity contribution in [1.29, 1.82) is 0 Å². The van der Waals surface area contributed by atoms with Gasteiger partial charge in [0.1, 0.15) is 0 Å². The van der Waals surface area contributed by atoms with Gasteiger partial charge in [-0.25, -0.2) is 8.42 Å². The van der Waals surface area contributed by atoms with Gasteiger partial charge in [0.2, 0.25) is 5.91 Å². The van der Waals surface area contributed by atoms with Crippen LogP contribution in [0.2, 0.25) is 10.0 Å². The number of carbonyl (C=O) groups excluding carboxylic acids is 1. The molecular weight excluding hydrogens is 385 g/mol. The van der Waals surface area contributed by atoms with Crippen LogP contribution in [0, 0.1) is 0 Å². The molecule has 0 radical (unpaired) electrons. The number of nitrogens with zero attached hydrogens (tertiary/aromatic N) is 1. The van der Waals surface area contributed by atoms with Crippen LogP contribution in [0.4, 0.5) is 0 Å². The highest BCUT2D eigenvalue weighted by Gasteiger charge is 2.36. The summed E-state index contributed by atoms with van der Waals surface area (Å²) in [5, 5.41) is 0.883. The third kappa shape index (κ3) is 4.67. The van der Waals surface area contributed by atoms with E-state index in [2.05, 4.69) is 0 Å². The fraction of sp³-hybridized carbons (Fsp3) is 0.588. The minimum atomic E-state index is -3.08. The van der Waals surface area contributed by atoms with Gasteiger partial charge in [-0.15, -0.1) is 0 Å². The molecule has 1 amide bonds. The van der Waals surface area contributed by atoms with Gasteiger partial charge in [-0.3, -0.25) is 4.79 Å². The third-order valence-corrected chi connectivity index (χ3v) is 7.24. The number of hydrogen-bond acceptors (Lipinski definition) is 4. The summed E-state index contributed by atoms with van der Waals surface area (Å²) in [6.45, 7) is 1.10.